The standard InChI is InChI=1S/C14H15ClN2O2S/c1-10-6-11-4-2-3-5-14(11)17(10)20(18,19)13-7-12(8-15)16-9-13/h2-5,7,9-10,16H,6,8H2,1H3. The Hall–Kier alpha value is -1.46. The summed E-state index contributed by atoms with van der Waals surface area (Å²) < 4.78 is 27.1. The number of hydrogen-bond donors (Lipinski definition) is 1. The van der Waals surface area contributed by atoms with Crippen molar-refractivity contribution in [3.63, 3.8) is 0 Å². The van der Waals surface area contributed by atoms with E-state index < -0.39 is 10.0 Å². The van der Waals surface area contributed by atoms with Crippen molar-refractivity contribution in [3.8, 4) is 0 Å². The number of nitrogens with zero attached hydrogens (tertiary/aromatic N) is 1. The van der Waals surface area contributed by atoms with Gasteiger partial charge in [0.25, 0.3) is 10.0 Å². The molecule has 0 bridgehead atoms. The van der Waals surface area contributed by atoms with Gasteiger partial charge in [-0.15, -0.1) is 11.6 Å². The molecule has 1 unspecified atom stereocenters. The lowest BCUT2D eigenvalue weighted by Gasteiger charge is -2.23. The molecule has 1 aromatic heterocycles. The maximum Gasteiger partial charge on any atom is 0.266 e. The molecule has 1 aromatic carbocycles. The summed E-state index contributed by atoms with van der Waals surface area (Å²) in [5.41, 5.74) is 2.54. The Morgan fingerprint density at radius 3 is 2.85 bits per heavy atom. The first kappa shape index (κ1) is 13.5. The molecule has 1 aliphatic rings. The van der Waals surface area contributed by atoms with Crippen LogP contribution in [0.5, 0.6) is 0 Å². The minimum Gasteiger partial charge on any atom is -0.363 e. The number of sulfonamides is 1. The van der Waals surface area contributed by atoms with E-state index in [0.29, 0.717) is 5.69 Å². The molecule has 4 nitrogen and oxygen atoms in total. The van der Waals surface area contributed by atoms with Crippen molar-refractivity contribution in [2.45, 2.75) is 30.2 Å². The number of halogens is 1. The predicted molar refractivity (Wildman–Crippen MR) is 79.6 cm³/mol. The lowest BCUT2D eigenvalue weighted by molar-refractivity contribution is 0.584. The zero-order chi connectivity index (χ0) is 14.3. The van der Waals surface area contributed by atoms with Crippen molar-refractivity contribution in [1.82, 2.24) is 4.98 Å². The van der Waals surface area contributed by atoms with Crippen molar-refractivity contribution in [2.75, 3.05) is 4.31 Å². The maximum atomic E-state index is 12.8. The van der Waals surface area contributed by atoms with E-state index in [2.05, 4.69) is 4.98 Å². The lowest BCUT2D eigenvalue weighted by atomic mass is 10.1. The van der Waals surface area contributed by atoms with Gasteiger partial charge in [-0.3, -0.25) is 4.31 Å². The van der Waals surface area contributed by atoms with E-state index in [9.17, 15) is 8.42 Å². The third kappa shape index (κ3) is 2.01. The Bertz CT molecular complexity index is 739. The number of alkyl halides is 1. The molecule has 20 heavy (non-hydrogen) atoms. The molecule has 3 rings (SSSR count). The highest BCUT2D eigenvalue weighted by atomic mass is 35.5. The van der Waals surface area contributed by atoms with Crippen LogP contribution in [-0.4, -0.2) is 19.4 Å². The van der Waals surface area contributed by atoms with Crippen molar-refractivity contribution in [2.24, 2.45) is 0 Å². The van der Waals surface area contributed by atoms with E-state index in [0.717, 1.165) is 17.7 Å². The minimum atomic E-state index is -3.55. The number of anilines is 1. The highest BCUT2D eigenvalue weighted by molar-refractivity contribution is 7.92. The monoisotopic (exact) mass is 310 g/mol. The molecule has 2 heterocycles. The number of hydrogen-bond acceptors (Lipinski definition) is 2. The second-order valence-electron chi connectivity index (χ2n) is 4.98. The molecule has 1 atom stereocenters. The van der Waals surface area contributed by atoms with Crippen molar-refractivity contribution < 1.29 is 8.42 Å². The smallest absolute Gasteiger partial charge is 0.266 e. The first-order valence-corrected chi connectivity index (χ1v) is 8.37. The molecule has 0 aliphatic carbocycles. The van der Waals surface area contributed by atoms with E-state index in [-0.39, 0.29) is 16.8 Å². The van der Waals surface area contributed by atoms with Gasteiger partial charge in [0.05, 0.1) is 11.6 Å². The van der Waals surface area contributed by atoms with Crippen LogP contribution < -0.4 is 4.31 Å². The Balaban J connectivity index is 2.07. The topological polar surface area (TPSA) is 53.2 Å². The fourth-order valence-corrected chi connectivity index (χ4v) is 4.53. The van der Waals surface area contributed by atoms with Crippen LogP contribution in [0.25, 0.3) is 0 Å². The molecular formula is C14H15ClN2O2S. The Labute approximate surface area is 123 Å². The average Bonchev–Trinajstić information content (AvgIpc) is 3.01. The van der Waals surface area contributed by atoms with Gasteiger partial charge in [-0.2, -0.15) is 0 Å². The van der Waals surface area contributed by atoms with Gasteiger partial charge in [-0.1, -0.05) is 18.2 Å². The van der Waals surface area contributed by atoms with Crippen LogP contribution in [0.1, 0.15) is 18.2 Å². The largest absolute Gasteiger partial charge is 0.363 e. The second-order valence-corrected chi connectivity index (χ2v) is 7.06. The van der Waals surface area contributed by atoms with Crippen molar-refractivity contribution >= 4 is 27.3 Å². The number of H-pyrrole nitrogens is 1. The number of aromatic nitrogens is 1. The van der Waals surface area contributed by atoms with Gasteiger partial charge >= 0.3 is 0 Å². The minimum absolute atomic E-state index is 0.0771. The van der Waals surface area contributed by atoms with E-state index in [1.54, 1.807) is 6.07 Å². The molecule has 0 amide bonds. The Morgan fingerprint density at radius 2 is 2.15 bits per heavy atom. The van der Waals surface area contributed by atoms with Gasteiger partial charge in [0.1, 0.15) is 4.90 Å². The third-order valence-electron chi connectivity index (χ3n) is 3.56. The van der Waals surface area contributed by atoms with Crippen molar-refractivity contribution in [1.29, 1.82) is 0 Å². The summed E-state index contributed by atoms with van der Waals surface area (Å²) in [7, 11) is -3.55. The zero-order valence-electron chi connectivity index (χ0n) is 11.0. The highest BCUT2D eigenvalue weighted by Gasteiger charge is 2.36. The molecule has 0 saturated carbocycles. The fraction of sp³-hybridized carbons (Fsp3) is 0.286. The normalized spacial score (nSPS) is 18.3. The average molecular weight is 311 g/mol. The molecule has 6 heteroatoms. The molecule has 0 saturated heterocycles. The predicted octanol–water partition coefficient (Wildman–Crippen LogP) is 2.89. The van der Waals surface area contributed by atoms with E-state index >= 15 is 0 Å². The van der Waals surface area contributed by atoms with Crippen LogP contribution >= 0.6 is 11.6 Å². The SMILES string of the molecule is CC1Cc2ccccc2N1S(=O)(=O)c1c[nH]c(CCl)c1. The van der Waals surface area contributed by atoms with Gasteiger partial charge in [-0.05, 0) is 31.0 Å². The molecule has 0 fully saturated rings. The molecule has 0 spiro atoms. The van der Waals surface area contributed by atoms with Crippen LogP contribution in [0.3, 0.4) is 0 Å². The summed E-state index contributed by atoms with van der Waals surface area (Å²) in [6, 6.07) is 9.14. The summed E-state index contributed by atoms with van der Waals surface area (Å²) in [5, 5.41) is 0. The van der Waals surface area contributed by atoms with Gasteiger partial charge in [0.2, 0.25) is 0 Å². The lowest BCUT2D eigenvalue weighted by Crippen LogP contribution is -2.35. The Kier molecular flexibility index (Phi) is 3.26. The van der Waals surface area contributed by atoms with Crippen LogP contribution in [0.4, 0.5) is 5.69 Å². The van der Waals surface area contributed by atoms with Gasteiger partial charge in [0.15, 0.2) is 0 Å². The number of fused-ring (bicyclic) bond motifs is 1. The zero-order valence-corrected chi connectivity index (χ0v) is 12.6. The Morgan fingerprint density at radius 1 is 1.40 bits per heavy atom. The quantitative estimate of drug-likeness (QED) is 0.886. The summed E-state index contributed by atoms with van der Waals surface area (Å²) in [6.07, 6.45) is 2.24. The number of nitrogens with one attached hydrogen (secondary N) is 1. The van der Waals surface area contributed by atoms with Crippen LogP contribution in [0, 0.1) is 0 Å². The summed E-state index contributed by atoms with van der Waals surface area (Å²) in [6.45, 7) is 1.92. The summed E-state index contributed by atoms with van der Waals surface area (Å²) >= 11 is 5.72. The highest BCUT2D eigenvalue weighted by Crippen LogP contribution is 2.36. The van der Waals surface area contributed by atoms with Gasteiger partial charge in [-0.25, -0.2) is 8.42 Å². The van der Waals surface area contributed by atoms with E-state index in [1.807, 2.05) is 31.2 Å². The van der Waals surface area contributed by atoms with Gasteiger partial charge < -0.3 is 4.98 Å². The number of benzene rings is 1. The number of para-hydroxylation sites is 1. The molecular weight excluding hydrogens is 296 g/mol. The van der Waals surface area contributed by atoms with E-state index in [4.69, 9.17) is 11.6 Å². The summed E-state index contributed by atoms with van der Waals surface area (Å²) in [4.78, 5) is 3.15. The van der Waals surface area contributed by atoms with Crippen LogP contribution in [0.15, 0.2) is 41.4 Å². The van der Waals surface area contributed by atoms with Crippen LogP contribution in [-0.2, 0) is 22.3 Å². The molecule has 1 aliphatic heterocycles. The molecule has 2 aromatic rings. The number of aromatic amines is 1. The molecule has 106 valence electrons. The summed E-state index contributed by atoms with van der Waals surface area (Å²) in [5.74, 6) is 0.266. The second kappa shape index (κ2) is 4.82. The van der Waals surface area contributed by atoms with E-state index in [1.165, 1.54) is 10.5 Å². The molecule has 0 radical (unpaired) electrons. The first-order chi connectivity index (χ1) is 9.54. The third-order valence-corrected chi connectivity index (χ3v) is 5.76. The maximum absolute atomic E-state index is 12.8. The fourth-order valence-electron chi connectivity index (χ4n) is 2.66. The molecule has 1 N–H and O–H groups in total. The number of rotatable bonds is 3. The van der Waals surface area contributed by atoms with Crippen LogP contribution in [0.2, 0.25) is 0 Å². The first-order valence-electron chi connectivity index (χ1n) is 6.39. The van der Waals surface area contributed by atoms with Gasteiger partial charge in [0, 0.05) is 17.9 Å². The van der Waals surface area contributed by atoms with Crippen molar-refractivity contribution in [3.05, 3.63) is 47.8 Å².